The third-order valence-corrected chi connectivity index (χ3v) is 4.87. The van der Waals surface area contributed by atoms with E-state index in [9.17, 15) is 4.79 Å². The molecule has 1 aliphatic heterocycles. The number of carbonyl (C=O) groups is 1. The molecular weight excluding hydrogens is 318 g/mol. The van der Waals surface area contributed by atoms with Gasteiger partial charge in [-0.15, -0.1) is 0 Å². The van der Waals surface area contributed by atoms with Gasteiger partial charge in [0.25, 0.3) is 0 Å². The second-order valence-corrected chi connectivity index (χ2v) is 6.59. The highest BCUT2D eigenvalue weighted by atomic mass is 79.9. The number of benzene rings is 1. The SMILES string of the molecule is CC(=O)c1cc(Br)ccc1N1CCOC2CCCCC21. The maximum atomic E-state index is 11.9. The van der Waals surface area contributed by atoms with Crippen molar-refractivity contribution in [3.05, 3.63) is 28.2 Å². The summed E-state index contributed by atoms with van der Waals surface area (Å²) in [6.07, 6.45) is 5.16. The number of hydrogen-bond donors (Lipinski definition) is 0. The average Bonchev–Trinajstić information content (AvgIpc) is 2.46. The van der Waals surface area contributed by atoms with Gasteiger partial charge >= 0.3 is 0 Å². The van der Waals surface area contributed by atoms with E-state index in [-0.39, 0.29) is 5.78 Å². The summed E-state index contributed by atoms with van der Waals surface area (Å²) in [5, 5.41) is 0. The summed E-state index contributed by atoms with van der Waals surface area (Å²) in [7, 11) is 0. The zero-order valence-electron chi connectivity index (χ0n) is 11.8. The molecule has 0 radical (unpaired) electrons. The molecular formula is C16H20BrNO2. The molecule has 1 saturated heterocycles. The lowest BCUT2D eigenvalue weighted by atomic mass is 9.89. The van der Waals surface area contributed by atoms with Crippen LogP contribution in [0.25, 0.3) is 0 Å². The van der Waals surface area contributed by atoms with Crippen LogP contribution in [0.3, 0.4) is 0 Å². The van der Waals surface area contributed by atoms with Crippen molar-refractivity contribution in [3.63, 3.8) is 0 Å². The standard InChI is InChI=1S/C16H20BrNO2/c1-11(19)13-10-12(17)6-7-14(13)18-8-9-20-16-5-3-2-4-15(16)18/h6-7,10,15-16H,2-5,8-9H2,1H3. The molecule has 20 heavy (non-hydrogen) atoms. The number of morpholine rings is 1. The topological polar surface area (TPSA) is 29.5 Å². The minimum absolute atomic E-state index is 0.125. The Kier molecular flexibility index (Phi) is 4.13. The number of nitrogens with zero attached hydrogens (tertiary/aromatic N) is 1. The van der Waals surface area contributed by atoms with Crippen molar-refractivity contribution in [2.45, 2.75) is 44.8 Å². The first-order valence-corrected chi connectivity index (χ1v) is 8.15. The predicted octanol–water partition coefficient (Wildman–Crippen LogP) is 3.80. The molecule has 0 N–H and O–H groups in total. The molecule has 1 heterocycles. The van der Waals surface area contributed by atoms with E-state index in [1.54, 1.807) is 6.92 Å². The fourth-order valence-corrected chi connectivity index (χ4v) is 3.80. The van der Waals surface area contributed by atoms with Crippen molar-refractivity contribution in [2.24, 2.45) is 0 Å². The highest BCUT2D eigenvalue weighted by molar-refractivity contribution is 9.10. The van der Waals surface area contributed by atoms with Crippen molar-refractivity contribution in [2.75, 3.05) is 18.1 Å². The van der Waals surface area contributed by atoms with Gasteiger partial charge in [0.15, 0.2) is 5.78 Å². The number of hydrogen-bond acceptors (Lipinski definition) is 3. The summed E-state index contributed by atoms with van der Waals surface area (Å²) in [4.78, 5) is 14.3. The number of anilines is 1. The van der Waals surface area contributed by atoms with Crippen molar-refractivity contribution >= 4 is 27.4 Å². The van der Waals surface area contributed by atoms with E-state index in [0.717, 1.165) is 41.7 Å². The van der Waals surface area contributed by atoms with E-state index in [4.69, 9.17) is 4.74 Å². The highest BCUT2D eigenvalue weighted by Gasteiger charge is 2.35. The smallest absolute Gasteiger partial charge is 0.161 e. The molecule has 0 aromatic heterocycles. The Balaban J connectivity index is 1.96. The van der Waals surface area contributed by atoms with E-state index in [2.05, 4.69) is 26.9 Å². The molecule has 1 saturated carbocycles. The fourth-order valence-electron chi connectivity index (χ4n) is 3.44. The van der Waals surface area contributed by atoms with Gasteiger partial charge in [0, 0.05) is 22.3 Å². The van der Waals surface area contributed by atoms with E-state index in [1.807, 2.05) is 12.1 Å². The van der Waals surface area contributed by atoms with Crippen LogP contribution in [0.5, 0.6) is 0 Å². The minimum atomic E-state index is 0.125. The van der Waals surface area contributed by atoms with Crippen LogP contribution < -0.4 is 4.90 Å². The molecule has 2 aliphatic rings. The number of halogens is 1. The van der Waals surface area contributed by atoms with Crippen LogP contribution >= 0.6 is 15.9 Å². The van der Waals surface area contributed by atoms with Crippen LogP contribution in [-0.4, -0.2) is 31.1 Å². The molecule has 0 bridgehead atoms. The van der Waals surface area contributed by atoms with Crippen molar-refractivity contribution in [3.8, 4) is 0 Å². The van der Waals surface area contributed by atoms with Gasteiger partial charge < -0.3 is 9.64 Å². The second kappa shape index (κ2) is 5.86. The largest absolute Gasteiger partial charge is 0.374 e. The third-order valence-electron chi connectivity index (χ3n) is 4.38. The molecule has 1 aromatic carbocycles. The number of fused-ring (bicyclic) bond motifs is 1. The van der Waals surface area contributed by atoms with E-state index < -0.39 is 0 Å². The summed E-state index contributed by atoms with van der Waals surface area (Å²) in [6, 6.07) is 6.45. The maximum Gasteiger partial charge on any atom is 0.161 e. The zero-order valence-corrected chi connectivity index (χ0v) is 13.4. The summed E-state index contributed by atoms with van der Waals surface area (Å²) in [5.74, 6) is 0.125. The van der Waals surface area contributed by atoms with E-state index in [1.165, 1.54) is 12.8 Å². The van der Waals surface area contributed by atoms with Crippen LogP contribution in [0.1, 0.15) is 43.0 Å². The molecule has 1 aromatic rings. The monoisotopic (exact) mass is 337 g/mol. The lowest BCUT2D eigenvalue weighted by molar-refractivity contribution is -0.00873. The van der Waals surface area contributed by atoms with Gasteiger partial charge in [-0.05, 0) is 38.0 Å². The first-order valence-electron chi connectivity index (χ1n) is 7.35. The first-order chi connectivity index (χ1) is 9.66. The van der Waals surface area contributed by atoms with Crippen LogP contribution in [0.4, 0.5) is 5.69 Å². The third kappa shape index (κ3) is 2.63. The number of Topliss-reactive ketones (excluding diaryl/α,β-unsaturated/α-hetero) is 1. The summed E-state index contributed by atoms with van der Waals surface area (Å²) in [6.45, 7) is 3.28. The van der Waals surface area contributed by atoms with Crippen LogP contribution in [-0.2, 0) is 4.74 Å². The van der Waals surface area contributed by atoms with Crippen LogP contribution in [0.2, 0.25) is 0 Å². The Labute approximate surface area is 128 Å². The molecule has 2 unspecified atom stereocenters. The first kappa shape index (κ1) is 14.1. The van der Waals surface area contributed by atoms with Gasteiger partial charge in [-0.3, -0.25) is 4.79 Å². The number of rotatable bonds is 2. The van der Waals surface area contributed by atoms with Gasteiger partial charge in [0.05, 0.1) is 18.8 Å². The molecule has 3 nitrogen and oxygen atoms in total. The van der Waals surface area contributed by atoms with Crippen molar-refractivity contribution in [1.29, 1.82) is 0 Å². The number of carbonyl (C=O) groups excluding carboxylic acids is 1. The van der Waals surface area contributed by atoms with Crippen LogP contribution in [0, 0.1) is 0 Å². The van der Waals surface area contributed by atoms with E-state index >= 15 is 0 Å². The second-order valence-electron chi connectivity index (χ2n) is 5.67. The summed E-state index contributed by atoms with van der Waals surface area (Å²) >= 11 is 3.46. The van der Waals surface area contributed by atoms with Gasteiger partial charge in [0.1, 0.15) is 0 Å². The molecule has 2 fully saturated rings. The predicted molar refractivity (Wildman–Crippen MR) is 83.5 cm³/mol. The molecule has 108 valence electrons. The van der Waals surface area contributed by atoms with Gasteiger partial charge in [0.2, 0.25) is 0 Å². The Morgan fingerprint density at radius 1 is 1.35 bits per heavy atom. The summed E-state index contributed by atoms with van der Waals surface area (Å²) < 4.78 is 6.88. The lowest BCUT2D eigenvalue weighted by Crippen LogP contribution is -2.53. The van der Waals surface area contributed by atoms with Gasteiger partial charge in [-0.25, -0.2) is 0 Å². The van der Waals surface area contributed by atoms with Gasteiger partial charge in [-0.1, -0.05) is 28.8 Å². The number of ether oxygens (including phenoxy) is 1. The molecule has 3 rings (SSSR count). The molecule has 4 heteroatoms. The van der Waals surface area contributed by atoms with E-state index in [0.29, 0.717) is 12.1 Å². The Bertz CT molecular complexity index is 515. The Hall–Kier alpha value is -0.870. The Morgan fingerprint density at radius 3 is 2.95 bits per heavy atom. The average molecular weight is 338 g/mol. The summed E-state index contributed by atoms with van der Waals surface area (Å²) in [5.41, 5.74) is 1.88. The molecule has 1 aliphatic carbocycles. The molecule has 0 amide bonds. The normalized spacial score (nSPS) is 26.2. The Morgan fingerprint density at radius 2 is 2.15 bits per heavy atom. The molecule has 0 spiro atoms. The minimum Gasteiger partial charge on any atom is -0.374 e. The highest BCUT2D eigenvalue weighted by Crippen LogP contribution is 2.34. The fraction of sp³-hybridized carbons (Fsp3) is 0.562. The lowest BCUT2D eigenvalue weighted by Gasteiger charge is -2.45. The number of ketones is 1. The van der Waals surface area contributed by atoms with Crippen molar-refractivity contribution < 1.29 is 9.53 Å². The molecule has 2 atom stereocenters. The van der Waals surface area contributed by atoms with Crippen LogP contribution in [0.15, 0.2) is 22.7 Å². The van der Waals surface area contributed by atoms with Gasteiger partial charge in [-0.2, -0.15) is 0 Å². The zero-order chi connectivity index (χ0) is 14.1. The maximum absolute atomic E-state index is 11.9. The quantitative estimate of drug-likeness (QED) is 0.768. The van der Waals surface area contributed by atoms with Crippen molar-refractivity contribution in [1.82, 2.24) is 0 Å².